The summed E-state index contributed by atoms with van der Waals surface area (Å²) in [6.07, 6.45) is 0.911. The highest BCUT2D eigenvalue weighted by atomic mass is 16.3. The van der Waals surface area contributed by atoms with Crippen LogP contribution in [0.1, 0.15) is 31.0 Å². The number of hydrogen-bond donors (Lipinski definition) is 2. The minimum absolute atomic E-state index is 0.116. The Morgan fingerprint density at radius 1 is 0.950 bits per heavy atom. The first kappa shape index (κ1) is 14.8. The highest BCUT2D eigenvalue weighted by molar-refractivity contribution is 5.24. The smallest absolute Gasteiger partial charge is 0.0608 e. The van der Waals surface area contributed by atoms with E-state index in [4.69, 9.17) is 0 Å². The Balaban J connectivity index is 2.21. The summed E-state index contributed by atoms with van der Waals surface area (Å²) in [6, 6.07) is 21.0. The van der Waals surface area contributed by atoms with Gasteiger partial charge in [-0.05, 0) is 31.4 Å². The van der Waals surface area contributed by atoms with Crippen molar-refractivity contribution in [1.29, 1.82) is 0 Å². The fraction of sp³-hybridized carbons (Fsp3) is 0.333. The molecule has 2 aromatic carbocycles. The molecule has 20 heavy (non-hydrogen) atoms. The zero-order valence-electron chi connectivity index (χ0n) is 12.2. The van der Waals surface area contributed by atoms with Gasteiger partial charge in [-0.3, -0.25) is 0 Å². The van der Waals surface area contributed by atoms with Gasteiger partial charge in [-0.1, -0.05) is 60.7 Å². The highest BCUT2D eigenvalue weighted by Gasteiger charge is 2.22. The predicted molar refractivity (Wildman–Crippen MR) is 83.6 cm³/mol. The monoisotopic (exact) mass is 269 g/mol. The van der Waals surface area contributed by atoms with E-state index in [0.29, 0.717) is 0 Å². The van der Waals surface area contributed by atoms with Gasteiger partial charge in [-0.25, -0.2) is 0 Å². The number of rotatable bonds is 6. The van der Waals surface area contributed by atoms with Crippen molar-refractivity contribution in [2.75, 3.05) is 6.61 Å². The first-order valence-electron chi connectivity index (χ1n) is 7.08. The second-order valence-corrected chi connectivity index (χ2v) is 5.84. The van der Waals surface area contributed by atoms with Crippen molar-refractivity contribution in [1.82, 2.24) is 5.32 Å². The van der Waals surface area contributed by atoms with E-state index in [0.717, 1.165) is 6.42 Å². The van der Waals surface area contributed by atoms with Gasteiger partial charge in [0.1, 0.15) is 0 Å². The maximum absolute atomic E-state index is 9.49. The van der Waals surface area contributed by atoms with Crippen molar-refractivity contribution in [3.05, 3.63) is 71.8 Å². The minimum atomic E-state index is -0.296. The molecule has 2 heteroatoms. The van der Waals surface area contributed by atoms with E-state index in [1.165, 1.54) is 11.1 Å². The molecule has 2 N–H and O–H groups in total. The SMILES string of the molecule is CC(C)(CO)NC(Cc1ccccc1)c1ccccc1. The normalized spacial score (nSPS) is 13.2. The first-order valence-corrected chi connectivity index (χ1v) is 7.08. The summed E-state index contributed by atoms with van der Waals surface area (Å²) in [5.74, 6) is 0. The third kappa shape index (κ3) is 4.19. The van der Waals surface area contributed by atoms with E-state index in [-0.39, 0.29) is 18.2 Å². The number of benzene rings is 2. The van der Waals surface area contributed by atoms with Gasteiger partial charge in [0.25, 0.3) is 0 Å². The lowest BCUT2D eigenvalue weighted by atomic mass is 9.95. The maximum Gasteiger partial charge on any atom is 0.0608 e. The van der Waals surface area contributed by atoms with Crippen LogP contribution in [0.25, 0.3) is 0 Å². The van der Waals surface area contributed by atoms with Crippen LogP contribution in [0.3, 0.4) is 0 Å². The van der Waals surface area contributed by atoms with Crippen molar-refractivity contribution in [2.45, 2.75) is 31.8 Å². The summed E-state index contributed by atoms with van der Waals surface area (Å²) in [6.45, 7) is 4.16. The Labute approximate surface area is 121 Å². The van der Waals surface area contributed by atoms with Crippen molar-refractivity contribution in [2.24, 2.45) is 0 Å². The van der Waals surface area contributed by atoms with Crippen LogP contribution >= 0.6 is 0 Å². The number of aliphatic hydroxyl groups is 1. The van der Waals surface area contributed by atoms with Gasteiger partial charge in [0, 0.05) is 11.6 Å². The Hall–Kier alpha value is -1.64. The molecular formula is C18H23NO. The van der Waals surface area contributed by atoms with Gasteiger partial charge in [-0.2, -0.15) is 0 Å². The zero-order valence-corrected chi connectivity index (χ0v) is 12.2. The van der Waals surface area contributed by atoms with Gasteiger partial charge in [0.05, 0.1) is 6.61 Å². The summed E-state index contributed by atoms with van der Waals surface area (Å²) >= 11 is 0. The van der Waals surface area contributed by atoms with Crippen LogP contribution < -0.4 is 5.32 Å². The molecule has 0 spiro atoms. The minimum Gasteiger partial charge on any atom is -0.394 e. The highest BCUT2D eigenvalue weighted by Crippen LogP contribution is 2.21. The first-order chi connectivity index (χ1) is 9.61. The van der Waals surface area contributed by atoms with Crippen molar-refractivity contribution in [3.8, 4) is 0 Å². The lowest BCUT2D eigenvalue weighted by Crippen LogP contribution is -2.45. The summed E-state index contributed by atoms with van der Waals surface area (Å²) in [5, 5.41) is 13.1. The zero-order chi connectivity index (χ0) is 14.4. The topological polar surface area (TPSA) is 32.3 Å². The number of hydrogen-bond acceptors (Lipinski definition) is 2. The second-order valence-electron chi connectivity index (χ2n) is 5.84. The van der Waals surface area contributed by atoms with Gasteiger partial charge in [-0.15, -0.1) is 0 Å². The van der Waals surface area contributed by atoms with Crippen LogP contribution in [-0.2, 0) is 6.42 Å². The van der Waals surface area contributed by atoms with Crippen LogP contribution in [-0.4, -0.2) is 17.3 Å². The van der Waals surface area contributed by atoms with E-state index in [1.54, 1.807) is 0 Å². The van der Waals surface area contributed by atoms with Crippen LogP contribution in [0.5, 0.6) is 0 Å². The molecule has 0 radical (unpaired) electrons. The van der Waals surface area contributed by atoms with Crippen molar-refractivity contribution >= 4 is 0 Å². The molecule has 106 valence electrons. The van der Waals surface area contributed by atoms with E-state index in [2.05, 4.69) is 53.8 Å². The fourth-order valence-corrected chi connectivity index (χ4v) is 2.30. The molecule has 2 aromatic rings. The molecular weight excluding hydrogens is 246 g/mol. The quantitative estimate of drug-likeness (QED) is 0.843. The second kappa shape index (κ2) is 6.69. The van der Waals surface area contributed by atoms with Crippen LogP contribution in [0.4, 0.5) is 0 Å². The van der Waals surface area contributed by atoms with E-state index >= 15 is 0 Å². The molecule has 0 fully saturated rings. The molecule has 0 aliphatic heterocycles. The molecule has 1 atom stereocenters. The van der Waals surface area contributed by atoms with Crippen molar-refractivity contribution in [3.63, 3.8) is 0 Å². The Kier molecular flexibility index (Phi) is 4.94. The third-order valence-electron chi connectivity index (χ3n) is 3.44. The lowest BCUT2D eigenvalue weighted by Gasteiger charge is -2.31. The Morgan fingerprint density at radius 3 is 2.05 bits per heavy atom. The van der Waals surface area contributed by atoms with Crippen LogP contribution in [0.2, 0.25) is 0 Å². The molecule has 0 saturated carbocycles. The van der Waals surface area contributed by atoms with Crippen LogP contribution in [0.15, 0.2) is 60.7 Å². The molecule has 0 heterocycles. The van der Waals surface area contributed by atoms with Gasteiger partial charge >= 0.3 is 0 Å². The molecule has 0 aliphatic carbocycles. The number of aliphatic hydroxyl groups excluding tert-OH is 1. The summed E-state index contributed by atoms with van der Waals surface area (Å²) in [7, 11) is 0. The van der Waals surface area contributed by atoms with Crippen LogP contribution in [0, 0.1) is 0 Å². The molecule has 1 unspecified atom stereocenters. The average molecular weight is 269 g/mol. The molecule has 2 rings (SSSR count). The molecule has 0 amide bonds. The molecule has 2 nitrogen and oxygen atoms in total. The largest absolute Gasteiger partial charge is 0.394 e. The Morgan fingerprint density at radius 2 is 1.50 bits per heavy atom. The fourth-order valence-electron chi connectivity index (χ4n) is 2.30. The van der Waals surface area contributed by atoms with E-state index < -0.39 is 0 Å². The maximum atomic E-state index is 9.49. The summed E-state index contributed by atoms with van der Waals surface area (Å²) in [5.41, 5.74) is 2.25. The van der Waals surface area contributed by atoms with Crippen molar-refractivity contribution < 1.29 is 5.11 Å². The molecule has 0 aliphatic rings. The van der Waals surface area contributed by atoms with Gasteiger partial charge < -0.3 is 10.4 Å². The van der Waals surface area contributed by atoms with E-state index in [9.17, 15) is 5.11 Å². The Bertz CT molecular complexity index is 507. The molecule has 0 aromatic heterocycles. The summed E-state index contributed by atoms with van der Waals surface area (Å²) in [4.78, 5) is 0. The predicted octanol–water partition coefficient (Wildman–Crippen LogP) is 3.33. The standard InChI is InChI=1S/C18H23NO/c1-18(2,14-20)19-17(16-11-7-4-8-12-16)13-15-9-5-3-6-10-15/h3-12,17,19-20H,13-14H2,1-2H3. The summed E-state index contributed by atoms with van der Waals surface area (Å²) < 4.78 is 0. The number of nitrogens with one attached hydrogen (secondary N) is 1. The van der Waals surface area contributed by atoms with Gasteiger partial charge in [0.2, 0.25) is 0 Å². The molecule has 0 bridgehead atoms. The average Bonchev–Trinajstić information content (AvgIpc) is 2.48. The molecule has 0 saturated heterocycles. The van der Waals surface area contributed by atoms with Gasteiger partial charge in [0.15, 0.2) is 0 Å². The van der Waals surface area contributed by atoms with E-state index in [1.807, 2.05) is 26.0 Å². The lowest BCUT2D eigenvalue weighted by molar-refractivity contribution is 0.174. The third-order valence-corrected chi connectivity index (χ3v) is 3.44.